The molecule has 21 heavy (non-hydrogen) atoms. The maximum absolute atomic E-state index is 13.7. The number of amides is 1. The van der Waals surface area contributed by atoms with Gasteiger partial charge in [0.25, 0.3) is 5.91 Å². The second kappa shape index (κ2) is 6.19. The number of para-hydroxylation sites is 1. The number of carbonyl (C=O) groups excluding carboxylic acids is 1. The van der Waals surface area contributed by atoms with Crippen molar-refractivity contribution in [3.05, 3.63) is 53.6 Å². The van der Waals surface area contributed by atoms with Crippen molar-refractivity contribution >= 4 is 17.3 Å². The first-order valence-electron chi connectivity index (χ1n) is 5.97. The lowest BCUT2D eigenvalue weighted by atomic mass is 10.1. The van der Waals surface area contributed by atoms with E-state index >= 15 is 0 Å². The fourth-order valence-electron chi connectivity index (χ4n) is 1.78. The number of anilines is 2. The first-order valence-corrected chi connectivity index (χ1v) is 5.97. The Balaban J connectivity index is 2.32. The van der Waals surface area contributed by atoms with Gasteiger partial charge in [0.1, 0.15) is 17.4 Å². The minimum Gasteiger partial charge on any atom is -0.497 e. The van der Waals surface area contributed by atoms with Gasteiger partial charge >= 0.3 is 0 Å². The number of carbonyl (C=O) groups is 1. The third kappa shape index (κ3) is 3.09. The summed E-state index contributed by atoms with van der Waals surface area (Å²) >= 11 is 0. The number of nitrogens with one attached hydrogen (secondary N) is 2. The molecule has 0 aliphatic carbocycles. The Morgan fingerprint density at radius 2 is 1.95 bits per heavy atom. The van der Waals surface area contributed by atoms with E-state index in [1.807, 2.05) is 0 Å². The molecule has 7 heteroatoms. The van der Waals surface area contributed by atoms with Crippen LogP contribution in [0.15, 0.2) is 36.4 Å². The van der Waals surface area contributed by atoms with Crippen LogP contribution in [0.3, 0.4) is 0 Å². The second-order valence-electron chi connectivity index (χ2n) is 4.11. The minimum atomic E-state index is -0.699. The molecular weight excluding hydrogens is 280 g/mol. The van der Waals surface area contributed by atoms with Crippen molar-refractivity contribution < 1.29 is 18.3 Å². The predicted octanol–water partition coefficient (Wildman–Crippen LogP) is 2.51. The van der Waals surface area contributed by atoms with Crippen molar-refractivity contribution in [3.8, 4) is 5.75 Å². The number of hydrazine groups is 1. The largest absolute Gasteiger partial charge is 0.497 e. The SMILES string of the molecule is COc1ccc(F)c(NC(=O)c2cccc(F)c2NN)c1. The maximum atomic E-state index is 13.7. The highest BCUT2D eigenvalue weighted by Crippen LogP contribution is 2.24. The Kier molecular flexibility index (Phi) is 4.34. The lowest BCUT2D eigenvalue weighted by Gasteiger charge is -2.11. The molecule has 0 atom stereocenters. The number of rotatable bonds is 4. The van der Waals surface area contributed by atoms with Gasteiger partial charge in [0.15, 0.2) is 0 Å². The Bertz CT molecular complexity index is 677. The molecule has 0 aromatic heterocycles. The summed E-state index contributed by atoms with van der Waals surface area (Å²) in [7, 11) is 1.42. The van der Waals surface area contributed by atoms with Crippen molar-refractivity contribution in [2.45, 2.75) is 0 Å². The number of halogens is 2. The molecule has 0 saturated carbocycles. The first kappa shape index (κ1) is 14.7. The molecule has 2 rings (SSSR count). The molecule has 0 radical (unpaired) electrons. The lowest BCUT2D eigenvalue weighted by molar-refractivity contribution is 0.102. The summed E-state index contributed by atoms with van der Waals surface area (Å²) in [6, 6.07) is 7.76. The highest BCUT2D eigenvalue weighted by molar-refractivity contribution is 6.08. The maximum Gasteiger partial charge on any atom is 0.258 e. The van der Waals surface area contributed by atoms with Crippen molar-refractivity contribution in [2.75, 3.05) is 17.9 Å². The van der Waals surface area contributed by atoms with E-state index in [0.717, 1.165) is 12.1 Å². The van der Waals surface area contributed by atoms with Crippen LogP contribution in [0, 0.1) is 11.6 Å². The van der Waals surface area contributed by atoms with Gasteiger partial charge in [-0.15, -0.1) is 0 Å². The van der Waals surface area contributed by atoms with Gasteiger partial charge in [0.05, 0.1) is 24.0 Å². The standard InChI is InChI=1S/C14H13F2N3O2/c1-21-8-5-6-10(15)12(7-8)18-14(20)9-3-2-4-11(16)13(9)19-17/h2-7,19H,17H2,1H3,(H,18,20). The highest BCUT2D eigenvalue weighted by atomic mass is 19.1. The molecule has 0 aliphatic rings. The van der Waals surface area contributed by atoms with Crippen LogP contribution in [0.1, 0.15) is 10.4 Å². The van der Waals surface area contributed by atoms with E-state index < -0.39 is 17.5 Å². The van der Waals surface area contributed by atoms with Crippen molar-refractivity contribution in [3.63, 3.8) is 0 Å². The van der Waals surface area contributed by atoms with Crippen LogP contribution in [0.5, 0.6) is 5.75 Å². The van der Waals surface area contributed by atoms with E-state index in [1.165, 1.54) is 31.4 Å². The number of hydrogen-bond donors (Lipinski definition) is 3. The summed E-state index contributed by atoms with van der Waals surface area (Å²) in [5.74, 6) is 3.55. The quantitative estimate of drug-likeness (QED) is 0.598. The average molecular weight is 293 g/mol. The number of hydrogen-bond acceptors (Lipinski definition) is 4. The smallest absolute Gasteiger partial charge is 0.258 e. The van der Waals surface area contributed by atoms with E-state index in [-0.39, 0.29) is 16.9 Å². The lowest BCUT2D eigenvalue weighted by Crippen LogP contribution is -2.19. The topological polar surface area (TPSA) is 76.4 Å². The predicted molar refractivity (Wildman–Crippen MR) is 75.1 cm³/mol. The van der Waals surface area contributed by atoms with Crippen molar-refractivity contribution in [2.24, 2.45) is 5.84 Å². The summed E-state index contributed by atoms with van der Waals surface area (Å²) in [6.07, 6.45) is 0. The van der Waals surface area contributed by atoms with Crippen LogP contribution in [0.25, 0.3) is 0 Å². The minimum absolute atomic E-state index is 0.0419. The van der Waals surface area contributed by atoms with Gasteiger partial charge in [-0.3, -0.25) is 10.6 Å². The first-order chi connectivity index (χ1) is 10.1. The number of nitrogens with two attached hydrogens (primary N) is 1. The zero-order chi connectivity index (χ0) is 15.4. The third-order valence-corrected chi connectivity index (χ3v) is 2.82. The van der Waals surface area contributed by atoms with Gasteiger partial charge in [0, 0.05) is 6.07 Å². The van der Waals surface area contributed by atoms with Gasteiger partial charge in [-0.25, -0.2) is 8.78 Å². The molecule has 4 N–H and O–H groups in total. The van der Waals surface area contributed by atoms with Gasteiger partial charge in [0.2, 0.25) is 0 Å². The van der Waals surface area contributed by atoms with Crippen molar-refractivity contribution in [1.82, 2.24) is 0 Å². The van der Waals surface area contributed by atoms with Crippen LogP contribution in [-0.4, -0.2) is 13.0 Å². The molecule has 0 fully saturated rings. The molecule has 0 bridgehead atoms. The zero-order valence-corrected chi connectivity index (χ0v) is 11.1. The van der Waals surface area contributed by atoms with Gasteiger partial charge in [-0.2, -0.15) is 0 Å². The fourth-order valence-corrected chi connectivity index (χ4v) is 1.78. The van der Waals surface area contributed by atoms with E-state index in [2.05, 4.69) is 10.7 Å². The van der Waals surface area contributed by atoms with Crippen LogP contribution in [-0.2, 0) is 0 Å². The summed E-state index contributed by atoms with van der Waals surface area (Å²) in [4.78, 5) is 12.1. The normalized spacial score (nSPS) is 10.1. The molecule has 2 aromatic carbocycles. The van der Waals surface area contributed by atoms with E-state index in [9.17, 15) is 13.6 Å². The van der Waals surface area contributed by atoms with Gasteiger partial charge < -0.3 is 15.5 Å². The molecule has 110 valence electrons. The molecule has 0 spiro atoms. The van der Waals surface area contributed by atoms with E-state index in [1.54, 1.807) is 0 Å². The molecule has 0 unspecified atom stereocenters. The van der Waals surface area contributed by atoms with E-state index in [4.69, 9.17) is 10.6 Å². The van der Waals surface area contributed by atoms with Crippen LogP contribution in [0.2, 0.25) is 0 Å². The Morgan fingerprint density at radius 3 is 2.62 bits per heavy atom. The number of benzene rings is 2. The summed E-state index contributed by atoms with van der Waals surface area (Å²) in [5.41, 5.74) is 1.83. The van der Waals surface area contributed by atoms with Crippen LogP contribution < -0.4 is 21.3 Å². The monoisotopic (exact) mass is 293 g/mol. The second-order valence-corrected chi connectivity index (χ2v) is 4.11. The molecule has 0 aliphatic heterocycles. The molecule has 2 aromatic rings. The highest BCUT2D eigenvalue weighted by Gasteiger charge is 2.16. The molecular formula is C14H13F2N3O2. The Hall–Kier alpha value is -2.67. The Morgan fingerprint density at radius 1 is 1.19 bits per heavy atom. The van der Waals surface area contributed by atoms with Crippen LogP contribution in [0.4, 0.5) is 20.2 Å². The molecule has 0 heterocycles. The molecule has 5 nitrogen and oxygen atoms in total. The fraction of sp³-hybridized carbons (Fsp3) is 0.0714. The van der Waals surface area contributed by atoms with Gasteiger partial charge in [-0.05, 0) is 24.3 Å². The van der Waals surface area contributed by atoms with Crippen LogP contribution >= 0.6 is 0 Å². The number of nitrogen functional groups attached to an aromatic ring is 1. The number of methoxy groups -OCH3 is 1. The van der Waals surface area contributed by atoms with Gasteiger partial charge in [-0.1, -0.05) is 6.07 Å². The summed E-state index contributed by atoms with van der Waals surface area (Å²) in [5, 5.41) is 2.35. The Labute approximate surface area is 119 Å². The van der Waals surface area contributed by atoms with Crippen molar-refractivity contribution in [1.29, 1.82) is 0 Å². The zero-order valence-electron chi connectivity index (χ0n) is 11.1. The number of ether oxygens (including phenoxy) is 1. The van der Waals surface area contributed by atoms with E-state index in [0.29, 0.717) is 5.75 Å². The third-order valence-electron chi connectivity index (χ3n) is 2.82. The molecule has 0 saturated heterocycles. The average Bonchev–Trinajstić information content (AvgIpc) is 2.49. The molecule has 1 amide bonds. The summed E-state index contributed by atoms with van der Waals surface area (Å²) in [6.45, 7) is 0. The summed E-state index contributed by atoms with van der Waals surface area (Å²) < 4.78 is 32.1.